The molecule has 0 aliphatic carbocycles. The molecule has 0 atom stereocenters. The Hall–Kier alpha value is -2.60. The first-order valence-electron chi connectivity index (χ1n) is 6.97. The summed E-state index contributed by atoms with van der Waals surface area (Å²) in [5, 5.41) is 0. The zero-order chi connectivity index (χ0) is 14.2. The number of fused-ring (bicyclic) bond motifs is 2. The number of hydrogen-bond acceptors (Lipinski definition) is 5. The number of rotatable bonds is 2. The monoisotopic (exact) mass is 280 g/mol. The summed E-state index contributed by atoms with van der Waals surface area (Å²) in [4.78, 5) is 11.3. The summed E-state index contributed by atoms with van der Waals surface area (Å²) in [6.07, 6.45) is 6.53. The van der Waals surface area contributed by atoms with Gasteiger partial charge in [0.2, 0.25) is 0 Å². The maximum atomic E-state index is 5.52. The molecule has 6 nitrogen and oxygen atoms in total. The third kappa shape index (κ3) is 2.00. The lowest BCUT2D eigenvalue weighted by atomic mass is 10.00. The first-order chi connectivity index (χ1) is 10.3. The van der Waals surface area contributed by atoms with Gasteiger partial charge in [0.15, 0.2) is 17.3 Å². The smallest absolute Gasteiger partial charge is 0.180 e. The van der Waals surface area contributed by atoms with Gasteiger partial charge in [0.1, 0.15) is 0 Å². The van der Waals surface area contributed by atoms with Crippen molar-refractivity contribution in [1.82, 2.24) is 14.4 Å². The zero-order valence-corrected chi connectivity index (χ0v) is 11.5. The van der Waals surface area contributed by atoms with Gasteiger partial charge in [0.05, 0.1) is 6.20 Å². The van der Waals surface area contributed by atoms with Crippen molar-refractivity contribution in [2.75, 3.05) is 16.9 Å². The van der Waals surface area contributed by atoms with Crippen molar-refractivity contribution in [2.24, 2.45) is 5.84 Å². The summed E-state index contributed by atoms with van der Waals surface area (Å²) in [5.74, 6) is 7.02. The van der Waals surface area contributed by atoms with E-state index in [9.17, 15) is 0 Å². The van der Waals surface area contributed by atoms with E-state index >= 15 is 0 Å². The van der Waals surface area contributed by atoms with Crippen LogP contribution in [-0.2, 0) is 13.0 Å². The number of nitrogens with two attached hydrogens (primary N) is 1. The Morgan fingerprint density at radius 2 is 2.05 bits per heavy atom. The minimum Gasteiger partial charge on any atom is -0.349 e. The van der Waals surface area contributed by atoms with Crippen molar-refractivity contribution >= 4 is 17.3 Å². The topological polar surface area (TPSA) is 71.5 Å². The first kappa shape index (κ1) is 12.2. The number of imidazole rings is 1. The van der Waals surface area contributed by atoms with Gasteiger partial charge in [-0.25, -0.2) is 15.8 Å². The molecular weight excluding hydrogens is 264 g/mol. The largest absolute Gasteiger partial charge is 0.349 e. The van der Waals surface area contributed by atoms with E-state index in [1.165, 1.54) is 11.1 Å². The Bertz CT molecular complexity index is 794. The third-order valence-corrected chi connectivity index (χ3v) is 3.93. The molecular formula is C15H16N6. The molecule has 21 heavy (non-hydrogen) atoms. The van der Waals surface area contributed by atoms with Gasteiger partial charge >= 0.3 is 0 Å². The number of hydrogen-bond donors (Lipinski definition) is 2. The zero-order valence-electron chi connectivity index (χ0n) is 11.5. The Morgan fingerprint density at radius 3 is 2.90 bits per heavy atom. The first-order valence-corrected chi connectivity index (χ1v) is 6.97. The second kappa shape index (κ2) is 4.75. The summed E-state index contributed by atoms with van der Waals surface area (Å²) in [5.41, 5.74) is 6.24. The van der Waals surface area contributed by atoms with Crippen LogP contribution in [0, 0.1) is 0 Å². The fraction of sp³-hybridized carbons (Fsp3) is 0.200. The summed E-state index contributed by atoms with van der Waals surface area (Å²) in [7, 11) is 0. The molecule has 6 heteroatoms. The van der Waals surface area contributed by atoms with Crippen molar-refractivity contribution in [3.05, 3.63) is 54.0 Å². The fourth-order valence-electron chi connectivity index (χ4n) is 2.87. The van der Waals surface area contributed by atoms with Crippen LogP contribution >= 0.6 is 0 Å². The molecule has 4 rings (SSSR count). The summed E-state index contributed by atoms with van der Waals surface area (Å²) >= 11 is 0. The van der Waals surface area contributed by atoms with E-state index < -0.39 is 0 Å². The SMILES string of the molecule is NNc1cn2ccnc2c(N2CCc3ccccc3C2)n1. The predicted molar refractivity (Wildman–Crippen MR) is 82.0 cm³/mol. The van der Waals surface area contributed by atoms with Gasteiger partial charge in [-0.3, -0.25) is 0 Å². The van der Waals surface area contributed by atoms with Gasteiger partial charge in [-0.15, -0.1) is 0 Å². The van der Waals surface area contributed by atoms with Gasteiger partial charge in [-0.05, 0) is 17.5 Å². The maximum absolute atomic E-state index is 5.52. The van der Waals surface area contributed by atoms with Gasteiger partial charge in [-0.2, -0.15) is 0 Å². The van der Waals surface area contributed by atoms with Crippen LogP contribution in [0.5, 0.6) is 0 Å². The second-order valence-corrected chi connectivity index (χ2v) is 5.19. The lowest BCUT2D eigenvalue weighted by Crippen LogP contribution is -2.31. The van der Waals surface area contributed by atoms with Gasteiger partial charge in [-0.1, -0.05) is 24.3 Å². The standard InChI is InChI=1S/C15H16N6/c16-19-13-10-21-8-6-17-14(21)15(18-13)20-7-5-11-3-1-2-4-12(11)9-20/h1-4,6,8,10,19H,5,7,9,16H2. The average Bonchev–Trinajstić information content (AvgIpc) is 3.01. The molecule has 0 saturated carbocycles. The molecule has 0 amide bonds. The number of anilines is 2. The molecule has 0 radical (unpaired) electrons. The number of nitrogens with one attached hydrogen (secondary N) is 1. The predicted octanol–water partition coefficient (Wildman–Crippen LogP) is 1.58. The number of nitrogen functional groups attached to an aromatic ring is 1. The fourth-order valence-corrected chi connectivity index (χ4v) is 2.87. The molecule has 2 aromatic heterocycles. The van der Waals surface area contributed by atoms with E-state index in [4.69, 9.17) is 5.84 Å². The van der Waals surface area contributed by atoms with Gasteiger partial charge < -0.3 is 14.7 Å². The number of aromatic nitrogens is 3. The van der Waals surface area contributed by atoms with E-state index in [1.807, 2.05) is 16.8 Å². The summed E-state index contributed by atoms with van der Waals surface area (Å²) < 4.78 is 1.94. The van der Waals surface area contributed by atoms with Crippen LogP contribution in [0.15, 0.2) is 42.9 Å². The molecule has 0 spiro atoms. The van der Waals surface area contributed by atoms with E-state index in [2.05, 4.69) is 44.6 Å². The van der Waals surface area contributed by atoms with E-state index in [-0.39, 0.29) is 0 Å². The molecule has 3 aromatic rings. The molecule has 0 bridgehead atoms. The molecule has 0 fully saturated rings. The quantitative estimate of drug-likeness (QED) is 0.551. The summed E-state index contributed by atoms with van der Waals surface area (Å²) in [6.45, 7) is 1.78. The lowest BCUT2D eigenvalue weighted by Gasteiger charge is -2.30. The highest BCUT2D eigenvalue weighted by Gasteiger charge is 2.20. The number of nitrogens with zero attached hydrogens (tertiary/aromatic N) is 4. The Kier molecular flexibility index (Phi) is 2.75. The molecule has 3 heterocycles. The Labute approximate surface area is 122 Å². The van der Waals surface area contributed by atoms with Crippen molar-refractivity contribution in [1.29, 1.82) is 0 Å². The molecule has 0 unspecified atom stereocenters. The minimum atomic E-state index is 0.634. The van der Waals surface area contributed by atoms with Crippen LogP contribution in [0.25, 0.3) is 5.65 Å². The minimum absolute atomic E-state index is 0.634. The molecule has 1 aliphatic rings. The van der Waals surface area contributed by atoms with E-state index in [0.717, 1.165) is 31.0 Å². The second-order valence-electron chi connectivity index (χ2n) is 5.19. The Balaban J connectivity index is 1.79. The third-order valence-electron chi connectivity index (χ3n) is 3.93. The lowest BCUT2D eigenvalue weighted by molar-refractivity contribution is 0.721. The number of benzene rings is 1. The highest BCUT2D eigenvalue weighted by Crippen LogP contribution is 2.26. The Morgan fingerprint density at radius 1 is 1.19 bits per heavy atom. The molecule has 0 saturated heterocycles. The average molecular weight is 280 g/mol. The van der Waals surface area contributed by atoms with Crippen LogP contribution in [0.1, 0.15) is 11.1 Å². The van der Waals surface area contributed by atoms with Crippen molar-refractivity contribution < 1.29 is 0 Å². The number of hydrazine groups is 1. The highest BCUT2D eigenvalue weighted by molar-refractivity contribution is 5.67. The van der Waals surface area contributed by atoms with E-state index in [1.54, 1.807) is 6.20 Å². The highest BCUT2D eigenvalue weighted by atomic mass is 15.3. The van der Waals surface area contributed by atoms with Crippen LogP contribution in [0.4, 0.5) is 11.6 Å². The van der Waals surface area contributed by atoms with Crippen molar-refractivity contribution in [3.8, 4) is 0 Å². The van der Waals surface area contributed by atoms with Crippen molar-refractivity contribution in [3.63, 3.8) is 0 Å². The molecule has 106 valence electrons. The maximum Gasteiger partial charge on any atom is 0.180 e. The van der Waals surface area contributed by atoms with Gasteiger partial charge in [0, 0.05) is 25.5 Å². The molecule has 1 aliphatic heterocycles. The van der Waals surface area contributed by atoms with Crippen LogP contribution in [0.2, 0.25) is 0 Å². The van der Waals surface area contributed by atoms with Crippen LogP contribution in [-0.4, -0.2) is 20.9 Å². The van der Waals surface area contributed by atoms with Crippen molar-refractivity contribution in [2.45, 2.75) is 13.0 Å². The molecule has 1 aromatic carbocycles. The summed E-state index contributed by atoms with van der Waals surface area (Å²) in [6, 6.07) is 8.55. The van der Waals surface area contributed by atoms with Crippen LogP contribution in [0.3, 0.4) is 0 Å². The molecule has 3 N–H and O–H groups in total. The van der Waals surface area contributed by atoms with Gasteiger partial charge in [0.25, 0.3) is 0 Å². The van der Waals surface area contributed by atoms with Crippen LogP contribution < -0.4 is 16.2 Å². The normalized spacial score (nSPS) is 14.2. The van der Waals surface area contributed by atoms with E-state index in [0.29, 0.717) is 5.82 Å².